The summed E-state index contributed by atoms with van der Waals surface area (Å²) in [7, 11) is 0. The fourth-order valence-corrected chi connectivity index (χ4v) is 4.09. The van der Waals surface area contributed by atoms with E-state index in [1.54, 1.807) is 6.92 Å². The molecule has 0 N–H and O–H groups in total. The number of aromatic nitrogens is 2. The van der Waals surface area contributed by atoms with Gasteiger partial charge in [-0.3, -0.25) is 9.69 Å². The Morgan fingerprint density at radius 3 is 2.74 bits per heavy atom. The monoisotopic (exact) mass is 389 g/mol. The lowest BCUT2D eigenvalue weighted by Gasteiger charge is -2.37. The zero-order valence-electron chi connectivity index (χ0n) is 15.5. The number of rotatable bonds is 4. The van der Waals surface area contributed by atoms with E-state index in [0.717, 1.165) is 56.3 Å². The van der Waals surface area contributed by atoms with Crippen molar-refractivity contribution >= 4 is 23.2 Å². The first-order valence-electron chi connectivity index (χ1n) is 9.42. The minimum absolute atomic E-state index is 0.0582. The van der Waals surface area contributed by atoms with E-state index in [1.807, 2.05) is 23.1 Å². The Morgan fingerprint density at radius 1 is 1.22 bits per heavy atom. The van der Waals surface area contributed by atoms with Gasteiger partial charge in [0.05, 0.1) is 12.6 Å². The van der Waals surface area contributed by atoms with E-state index < -0.39 is 0 Å². The van der Waals surface area contributed by atoms with Gasteiger partial charge < -0.3 is 14.2 Å². The number of amides is 1. The lowest BCUT2D eigenvalue weighted by Crippen LogP contribution is -2.51. The number of piperazine rings is 1. The number of benzene rings is 1. The lowest BCUT2D eigenvalue weighted by atomic mass is 10.2. The van der Waals surface area contributed by atoms with Crippen molar-refractivity contribution in [1.29, 1.82) is 0 Å². The van der Waals surface area contributed by atoms with Crippen LogP contribution in [0.2, 0.25) is 5.02 Å². The summed E-state index contributed by atoms with van der Waals surface area (Å²) in [6.07, 6.45) is 2.00. The van der Waals surface area contributed by atoms with Crippen LogP contribution in [0.25, 0.3) is 0 Å². The predicted molar refractivity (Wildman–Crippen MR) is 103 cm³/mol. The Morgan fingerprint density at radius 2 is 2.04 bits per heavy atom. The number of hydrogen-bond acceptors (Lipinski definition) is 6. The number of halogens is 1. The van der Waals surface area contributed by atoms with Gasteiger partial charge in [0.25, 0.3) is 0 Å². The van der Waals surface area contributed by atoms with Crippen LogP contribution in [0.3, 0.4) is 0 Å². The number of hydrogen-bond donors (Lipinski definition) is 0. The second kappa shape index (κ2) is 7.86. The Balaban J connectivity index is 1.33. The van der Waals surface area contributed by atoms with Gasteiger partial charge in [0.15, 0.2) is 0 Å². The third-order valence-corrected chi connectivity index (χ3v) is 5.57. The molecule has 1 atom stereocenters. The van der Waals surface area contributed by atoms with Crippen molar-refractivity contribution in [3.8, 4) is 0 Å². The van der Waals surface area contributed by atoms with Gasteiger partial charge in [0.2, 0.25) is 17.7 Å². The molecule has 7 nitrogen and oxygen atoms in total. The van der Waals surface area contributed by atoms with E-state index >= 15 is 0 Å². The van der Waals surface area contributed by atoms with Crippen molar-refractivity contribution < 1.29 is 9.21 Å². The number of carbonyl (C=O) groups is 1. The summed E-state index contributed by atoms with van der Waals surface area (Å²) in [5.41, 5.74) is 1.11. The largest absolute Gasteiger partial charge is 0.424 e. The average molecular weight is 390 g/mol. The molecule has 2 fully saturated rings. The minimum Gasteiger partial charge on any atom is -0.424 e. The molecule has 0 bridgehead atoms. The van der Waals surface area contributed by atoms with Gasteiger partial charge in [0, 0.05) is 43.8 Å². The van der Waals surface area contributed by atoms with Crippen LogP contribution in [0.1, 0.15) is 30.7 Å². The summed E-state index contributed by atoms with van der Waals surface area (Å²) in [5.74, 6) is 1.37. The Labute approximate surface area is 163 Å². The first-order chi connectivity index (χ1) is 13.1. The van der Waals surface area contributed by atoms with Crippen LogP contribution in [-0.4, -0.2) is 65.2 Å². The summed E-state index contributed by atoms with van der Waals surface area (Å²) in [6.45, 7) is 6.17. The van der Waals surface area contributed by atoms with Crippen LogP contribution >= 0.6 is 11.6 Å². The SMILES string of the molecule is Cc1nnc([C@H]2CCCN2CC(=O)N2CCN(c3cccc(Cl)c3)CC2)o1. The molecule has 3 heterocycles. The van der Waals surface area contributed by atoms with Crippen molar-refractivity contribution in [3.63, 3.8) is 0 Å². The number of likely N-dealkylation sites (tertiary alicyclic amines) is 1. The first kappa shape index (κ1) is 18.3. The number of carbonyl (C=O) groups excluding carboxylic acids is 1. The van der Waals surface area contributed by atoms with Gasteiger partial charge in [-0.25, -0.2) is 0 Å². The van der Waals surface area contributed by atoms with Gasteiger partial charge in [-0.05, 0) is 37.6 Å². The molecule has 1 aromatic heterocycles. The lowest BCUT2D eigenvalue weighted by molar-refractivity contribution is -0.133. The quantitative estimate of drug-likeness (QED) is 0.800. The third-order valence-electron chi connectivity index (χ3n) is 5.33. The molecule has 8 heteroatoms. The number of anilines is 1. The number of nitrogens with zero attached hydrogens (tertiary/aromatic N) is 5. The van der Waals surface area contributed by atoms with Gasteiger partial charge in [0.1, 0.15) is 0 Å². The predicted octanol–water partition coefficient (Wildman–Crippen LogP) is 2.52. The van der Waals surface area contributed by atoms with Crippen molar-refractivity contribution in [3.05, 3.63) is 41.1 Å². The molecular formula is C19H24ClN5O2. The highest BCUT2D eigenvalue weighted by Gasteiger charge is 2.33. The van der Waals surface area contributed by atoms with E-state index in [1.165, 1.54) is 0 Å². The third kappa shape index (κ3) is 4.09. The van der Waals surface area contributed by atoms with Crippen LogP contribution in [0, 0.1) is 6.92 Å². The summed E-state index contributed by atoms with van der Waals surface area (Å²) in [6, 6.07) is 7.93. The maximum Gasteiger partial charge on any atom is 0.236 e. The molecule has 144 valence electrons. The van der Waals surface area contributed by atoms with Crippen LogP contribution in [0.5, 0.6) is 0 Å². The molecule has 0 spiro atoms. The summed E-state index contributed by atoms with van der Waals surface area (Å²) < 4.78 is 5.59. The molecule has 0 radical (unpaired) electrons. The van der Waals surface area contributed by atoms with Crippen molar-refractivity contribution in [2.75, 3.05) is 44.2 Å². The maximum atomic E-state index is 12.8. The fraction of sp³-hybridized carbons (Fsp3) is 0.526. The topological polar surface area (TPSA) is 65.7 Å². The van der Waals surface area contributed by atoms with Gasteiger partial charge in [-0.15, -0.1) is 10.2 Å². The minimum atomic E-state index is 0.0582. The van der Waals surface area contributed by atoms with Crippen LogP contribution in [0.15, 0.2) is 28.7 Å². The van der Waals surface area contributed by atoms with E-state index in [4.69, 9.17) is 16.0 Å². The van der Waals surface area contributed by atoms with Crippen LogP contribution in [-0.2, 0) is 4.79 Å². The Kier molecular flexibility index (Phi) is 5.31. The van der Waals surface area contributed by atoms with E-state index in [-0.39, 0.29) is 11.9 Å². The molecule has 4 rings (SSSR count). The Hall–Kier alpha value is -2.12. The van der Waals surface area contributed by atoms with Crippen LogP contribution < -0.4 is 4.90 Å². The van der Waals surface area contributed by atoms with E-state index in [2.05, 4.69) is 26.1 Å². The molecule has 2 aliphatic rings. The maximum absolute atomic E-state index is 12.8. The summed E-state index contributed by atoms with van der Waals surface area (Å²) in [5, 5.41) is 8.81. The molecule has 1 aromatic carbocycles. The molecule has 2 aliphatic heterocycles. The van der Waals surface area contributed by atoms with E-state index in [9.17, 15) is 4.79 Å². The summed E-state index contributed by atoms with van der Waals surface area (Å²) in [4.78, 5) is 19.2. The second-order valence-electron chi connectivity index (χ2n) is 7.14. The Bertz CT molecular complexity index is 803. The summed E-state index contributed by atoms with van der Waals surface area (Å²) >= 11 is 6.09. The van der Waals surface area contributed by atoms with Gasteiger partial charge in [-0.2, -0.15) is 0 Å². The normalized spacial score (nSPS) is 21.0. The molecule has 2 saturated heterocycles. The average Bonchev–Trinajstić information content (AvgIpc) is 3.30. The molecule has 0 saturated carbocycles. The molecule has 2 aromatic rings. The highest BCUT2D eigenvalue weighted by atomic mass is 35.5. The van der Waals surface area contributed by atoms with Crippen molar-refractivity contribution in [2.45, 2.75) is 25.8 Å². The molecule has 27 heavy (non-hydrogen) atoms. The standard InChI is InChI=1S/C19H24ClN5O2/c1-14-21-22-19(27-14)17-6-3-7-25(17)13-18(26)24-10-8-23(9-11-24)16-5-2-4-15(20)12-16/h2,4-5,12,17H,3,6-11,13H2,1H3/t17-/m1/s1. The van der Waals surface area contributed by atoms with Gasteiger partial charge in [-0.1, -0.05) is 17.7 Å². The van der Waals surface area contributed by atoms with Crippen LogP contribution in [0.4, 0.5) is 5.69 Å². The zero-order chi connectivity index (χ0) is 18.8. The second-order valence-corrected chi connectivity index (χ2v) is 7.57. The van der Waals surface area contributed by atoms with Crippen molar-refractivity contribution in [1.82, 2.24) is 20.0 Å². The molecule has 1 amide bonds. The van der Waals surface area contributed by atoms with Gasteiger partial charge >= 0.3 is 0 Å². The smallest absolute Gasteiger partial charge is 0.236 e. The highest BCUT2D eigenvalue weighted by Crippen LogP contribution is 2.31. The first-order valence-corrected chi connectivity index (χ1v) is 9.80. The number of aryl methyl sites for hydroxylation is 1. The molecular weight excluding hydrogens is 366 g/mol. The fourth-order valence-electron chi connectivity index (χ4n) is 3.90. The van der Waals surface area contributed by atoms with E-state index in [0.29, 0.717) is 18.3 Å². The zero-order valence-corrected chi connectivity index (χ0v) is 16.2. The molecule has 0 unspecified atom stereocenters. The highest BCUT2D eigenvalue weighted by molar-refractivity contribution is 6.30. The van der Waals surface area contributed by atoms with Crippen molar-refractivity contribution in [2.24, 2.45) is 0 Å². The molecule has 0 aliphatic carbocycles.